The molecule has 1 aliphatic heterocycles. The maximum Gasteiger partial charge on any atom is 0.0688 e. The highest BCUT2D eigenvalue weighted by molar-refractivity contribution is 5.00. The van der Waals surface area contributed by atoms with Gasteiger partial charge in [0.1, 0.15) is 0 Å². The van der Waals surface area contributed by atoms with E-state index in [-0.39, 0.29) is 5.60 Å². The summed E-state index contributed by atoms with van der Waals surface area (Å²) < 4.78 is 5.88. The Balaban J connectivity index is 1.81. The lowest BCUT2D eigenvalue weighted by Crippen LogP contribution is -2.45. The van der Waals surface area contributed by atoms with Gasteiger partial charge in [0.2, 0.25) is 0 Å². The molecule has 1 saturated heterocycles. The summed E-state index contributed by atoms with van der Waals surface area (Å²) in [5, 5.41) is 0. The molecule has 80 valence electrons. The van der Waals surface area contributed by atoms with Gasteiger partial charge in [-0.1, -0.05) is 12.2 Å². The van der Waals surface area contributed by atoms with Crippen LogP contribution in [0.3, 0.4) is 0 Å². The van der Waals surface area contributed by atoms with Crippen LogP contribution in [0.2, 0.25) is 0 Å². The fourth-order valence-corrected chi connectivity index (χ4v) is 2.53. The molecule has 0 aromatic heterocycles. The number of hydrogen-bond donors (Lipinski definition) is 1. The lowest BCUT2D eigenvalue weighted by Gasteiger charge is -2.46. The largest absolute Gasteiger partial charge is 0.375 e. The van der Waals surface area contributed by atoms with Gasteiger partial charge in [0, 0.05) is 6.61 Å². The van der Waals surface area contributed by atoms with Gasteiger partial charge in [-0.25, -0.2) is 0 Å². The maximum atomic E-state index is 5.88. The summed E-state index contributed by atoms with van der Waals surface area (Å²) in [6.45, 7) is 1.72. The van der Waals surface area contributed by atoms with E-state index >= 15 is 0 Å². The van der Waals surface area contributed by atoms with Crippen molar-refractivity contribution in [2.75, 3.05) is 13.2 Å². The fraction of sp³-hybridized carbons (Fsp3) is 0.833. The molecule has 0 amide bonds. The molecule has 2 aliphatic rings. The normalized spacial score (nSPS) is 30.8. The Bertz CT molecular complexity index is 208. The van der Waals surface area contributed by atoms with Crippen LogP contribution in [0.15, 0.2) is 12.2 Å². The monoisotopic (exact) mass is 195 g/mol. The molecule has 2 heteroatoms. The van der Waals surface area contributed by atoms with E-state index < -0.39 is 0 Å². The van der Waals surface area contributed by atoms with Gasteiger partial charge in [-0.05, 0) is 51.0 Å². The van der Waals surface area contributed by atoms with E-state index in [0.717, 1.165) is 25.5 Å². The van der Waals surface area contributed by atoms with Crippen molar-refractivity contribution in [3.63, 3.8) is 0 Å². The van der Waals surface area contributed by atoms with Crippen LogP contribution in [0.1, 0.15) is 38.5 Å². The molecule has 1 saturated carbocycles. The summed E-state index contributed by atoms with van der Waals surface area (Å²) in [5.41, 5.74) is 5.75. The minimum atomic E-state index is 0.288. The van der Waals surface area contributed by atoms with Crippen molar-refractivity contribution >= 4 is 0 Å². The lowest BCUT2D eigenvalue weighted by molar-refractivity contribution is -0.137. The number of hydrogen-bond acceptors (Lipinski definition) is 2. The van der Waals surface area contributed by atoms with Crippen molar-refractivity contribution in [1.29, 1.82) is 0 Å². The highest BCUT2D eigenvalue weighted by atomic mass is 16.5. The van der Waals surface area contributed by atoms with Crippen molar-refractivity contribution in [1.82, 2.24) is 0 Å². The third kappa shape index (κ3) is 2.18. The maximum absolute atomic E-state index is 5.88. The van der Waals surface area contributed by atoms with Gasteiger partial charge in [-0.2, -0.15) is 0 Å². The zero-order valence-corrected chi connectivity index (χ0v) is 8.87. The zero-order valence-electron chi connectivity index (χ0n) is 8.87. The Labute approximate surface area is 86.5 Å². The first kappa shape index (κ1) is 10.2. The average Bonchev–Trinajstić information content (AvgIpc) is 2.17. The van der Waals surface area contributed by atoms with Gasteiger partial charge >= 0.3 is 0 Å². The molecule has 2 nitrogen and oxygen atoms in total. The Kier molecular flexibility index (Phi) is 3.24. The first-order chi connectivity index (χ1) is 6.85. The molecular formula is C12H21NO. The van der Waals surface area contributed by atoms with Crippen molar-refractivity contribution in [3.05, 3.63) is 12.2 Å². The summed E-state index contributed by atoms with van der Waals surface area (Å²) in [6, 6.07) is 0. The number of allylic oxidation sites excluding steroid dienone is 1. The minimum absolute atomic E-state index is 0.288. The lowest BCUT2D eigenvalue weighted by atomic mass is 9.72. The molecule has 2 rings (SSSR count). The van der Waals surface area contributed by atoms with Gasteiger partial charge in [-0.15, -0.1) is 0 Å². The van der Waals surface area contributed by atoms with E-state index in [1.54, 1.807) is 0 Å². The van der Waals surface area contributed by atoms with Crippen LogP contribution in [0.5, 0.6) is 0 Å². The van der Waals surface area contributed by atoms with Crippen LogP contribution >= 0.6 is 0 Å². The molecule has 1 heterocycles. The standard InChI is InChI=1S/C12H21NO/c13-8-2-1-4-11-5-9-14-12(10-11)6-3-7-12/h1,4,11H,2-3,5-10,13H2/b4-1+. The zero-order chi connectivity index (χ0) is 9.86. The van der Waals surface area contributed by atoms with Gasteiger partial charge in [-0.3, -0.25) is 0 Å². The van der Waals surface area contributed by atoms with E-state index in [9.17, 15) is 0 Å². The minimum Gasteiger partial charge on any atom is -0.375 e. The molecular weight excluding hydrogens is 174 g/mol. The van der Waals surface area contributed by atoms with Crippen molar-refractivity contribution < 1.29 is 4.74 Å². The predicted molar refractivity (Wildman–Crippen MR) is 58.1 cm³/mol. The van der Waals surface area contributed by atoms with Crippen molar-refractivity contribution in [3.8, 4) is 0 Å². The summed E-state index contributed by atoms with van der Waals surface area (Å²) in [7, 11) is 0. The second-order valence-electron chi connectivity index (χ2n) is 4.64. The fourth-order valence-electron chi connectivity index (χ4n) is 2.53. The van der Waals surface area contributed by atoms with E-state index in [1.165, 1.54) is 32.1 Å². The molecule has 0 radical (unpaired) electrons. The van der Waals surface area contributed by atoms with Crippen molar-refractivity contribution in [2.45, 2.75) is 44.1 Å². The van der Waals surface area contributed by atoms with Crippen LogP contribution in [-0.4, -0.2) is 18.8 Å². The predicted octanol–water partition coefficient (Wildman–Crippen LogP) is 2.24. The Morgan fingerprint density at radius 3 is 2.93 bits per heavy atom. The molecule has 1 atom stereocenters. The van der Waals surface area contributed by atoms with Crippen LogP contribution in [-0.2, 0) is 4.74 Å². The summed E-state index contributed by atoms with van der Waals surface area (Å²) in [5.74, 6) is 0.746. The summed E-state index contributed by atoms with van der Waals surface area (Å²) in [6.07, 6.45) is 12.0. The van der Waals surface area contributed by atoms with Crippen LogP contribution in [0, 0.1) is 5.92 Å². The van der Waals surface area contributed by atoms with Crippen LogP contribution < -0.4 is 5.73 Å². The molecule has 1 aliphatic carbocycles. The summed E-state index contributed by atoms with van der Waals surface area (Å²) in [4.78, 5) is 0. The number of rotatable bonds is 3. The van der Waals surface area contributed by atoms with E-state index in [1.807, 2.05) is 0 Å². The first-order valence-electron chi connectivity index (χ1n) is 5.85. The van der Waals surface area contributed by atoms with Gasteiger partial charge in [0.25, 0.3) is 0 Å². The number of nitrogens with two attached hydrogens (primary N) is 1. The second kappa shape index (κ2) is 4.45. The van der Waals surface area contributed by atoms with E-state index in [2.05, 4.69) is 12.2 Å². The first-order valence-corrected chi connectivity index (χ1v) is 5.85. The highest BCUT2D eigenvalue weighted by Gasteiger charge is 2.41. The SMILES string of the molecule is NCC/C=C/C1CCOC2(CCC2)C1. The van der Waals surface area contributed by atoms with Gasteiger partial charge < -0.3 is 10.5 Å². The highest BCUT2D eigenvalue weighted by Crippen LogP contribution is 2.44. The topological polar surface area (TPSA) is 35.2 Å². The quantitative estimate of drug-likeness (QED) is 0.701. The third-order valence-electron chi connectivity index (χ3n) is 3.54. The molecule has 1 spiro atoms. The molecule has 0 aromatic carbocycles. The number of ether oxygens (including phenoxy) is 1. The Morgan fingerprint density at radius 2 is 2.29 bits per heavy atom. The smallest absolute Gasteiger partial charge is 0.0688 e. The van der Waals surface area contributed by atoms with Gasteiger partial charge in [0.05, 0.1) is 5.60 Å². The molecule has 2 fully saturated rings. The molecule has 0 aromatic rings. The average molecular weight is 195 g/mol. The molecule has 0 bridgehead atoms. The van der Waals surface area contributed by atoms with Crippen LogP contribution in [0.25, 0.3) is 0 Å². The van der Waals surface area contributed by atoms with Crippen molar-refractivity contribution in [2.24, 2.45) is 11.7 Å². The van der Waals surface area contributed by atoms with Gasteiger partial charge in [0.15, 0.2) is 0 Å². The molecule has 1 unspecified atom stereocenters. The molecule has 2 N–H and O–H groups in total. The van der Waals surface area contributed by atoms with E-state index in [0.29, 0.717) is 0 Å². The Morgan fingerprint density at radius 1 is 1.43 bits per heavy atom. The third-order valence-corrected chi connectivity index (χ3v) is 3.54. The van der Waals surface area contributed by atoms with E-state index in [4.69, 9.17) is 10.5 Å². The van der Waals surface area contributed by atoms with Crippen LogP contribution in [0.4, 0.5) is 0 Å². The Hall–Kier alpha value is -0.340. The summed E-state index contributed by atoms with van der Waals surface area (Å²) >= 11 is 0. The second-order valence-corrected chi connectivity index (χ2v) is 4.64. The molecule has 14 heavy (non-hydrogen) atoms.